The number of morpholine rings is 1. The van der Waals surface area contributed by atoms with E-state index >= 15 is 0 Å². The number of hydrogen-bond acceptors (Lipinski definition) is 5. The predicted molar refractivity (Wildman–Crippen MR) is 111 cm³/mol. The van der Waals surface area contributed by atoms with Crippen molar-refractivity contribution in [1.82, 2.24) is 25.0 Å². The maximum absolute atomic E-state index is 12.9. The van der Waals surface area contributed by atoms with Crippen LogP contribution in [-0.2, 0) is 4.74 Å². The minimum atomic E-state index is -0.118. The van der Waals surface area contributed by atoms with Crippen LogP contribution in [0.2, 0.25) is 0 Å². The Kier molecular flexibility index (Phi) is 6.29. The van der Waals surface area contributed by atoms with E-state index in [1.165, 1.54) is 0 Å². The summed E-state index contributed by atoms with van der Waals surface area (Å²) in [6.45, 7) is 5.09. The number of nitrogens with zero attached hydrogens (tertiary/aromatic N) is 4. The molecule has 1 aromatic carbocycles. The molecule has 0 spiro atoms. The smallest absolute Gasteiger partial charge is 0.255 e. The van der Waals surface area contributed by atoms with Crippen molar-refractivity contribution in [2.24, 2.45) is 0 Å². The van der Waals surface area contributed by atoms with E-state index in [1.807, 2.05) is 42.5 Å². The zero-order valence-corrected chi connectivity index (χ0v) is 16.3. The second-order valence-corrected chi connectivity index (χ2v) is 6.98. The lowest BCUT2D eigenvalue weighted by molar-refractivity contribution is 0.0374. The number of para-hydroxylation sites is 1. The van der Waals surface area contributed by atoms with Gasteiger partial charge in [-0.05, 0) is 37.2 Å². The van der Waals surface area contributed by atoms with Crippen LogP contribution in [0.1, 0.15) is 16.8 Å². The molecule has 1 amide bonds. The predicted octanol–water partition coefficient (Wildman–Crippen LogP) is 2.39. The number of ether oxygens (including phenoxy) is 1. The van der Waals surface area contributed by atoms with Gasteiger partial charge in [0.1, 0.15) is 5.69 Å². The average molecular weight is 391 g/mol. The van der Waals surface area contributed by atoms with Gasteiger partial charge >= 0.3 is 0 Å². The minimum Gasteiger partial charge on any atom is -0.379 e. The van der Waals surface area contributed by atoms with Crippen LogP contribution in [0, 0.1) is 0 Å². The molecule has 150 valence electrons. The molecular weight excluding hydrogens is 366 g/mol. The summed E-state index contributed by atoms with van der Waals surface area (Å²) < 4.78 is 7.11. The van der Waals surface area contributed by atoms with E-state index in [1.54, 1.807) is 23.3 Å². The van der Waals surface area contributed by atoms with Crippen LogP contribution >= 0.6 is 0 Å². The molecule has 7 heteroatoms. The lowest BCUT2D eigenvalue weighted by atomic mass is 10.1. The summed E-state index contributed by atoms with van der Waals surface area (Å²) >= 11 is 0. The number of benzene rings is 1. The minimum absolute atomic E-state index is 0.118. The zero-order chi connectivity index (χ0) is 19.9. The highest BCUT2D eigenvalue weighted by Gasteiger charge is 2.19. The SMILES string of the molecule is O=C(NCCCN1CCOCC1)c1cn(-c2ccccc2)nc1-c1cccnc1. The highest BCUT2D eigenvalue weighted by molar-refractivity contribution is 5.99. The molecule has 0 aliphatic carbocycles. The van der Waals surface area contributed by atoms with Crippen LogP contribution in [0.25, 0.3) is 16.9 Å². The summed E-state index contributed by atoms with van der Waals surface area (Å²) in [5.41, 5.74) is 2.91. The first kappa shape index (κ1) is 19.3. The summed E-state index contributed by atoms with van der Waals surface area (Å²) in [6, 6.07) is 13.5. The van der Waals surface area contributed by atoms with Gasteiger partial charge in [0.05, 0.1) is 24.5 Å². The van der Waals surface area contributed by atoms with Gasteiger partial charge in [0, 0.05) is 43.8 Å². The van der Waals surface area contributed by atoms with Crippen molar-refractivity contribution in [3.63, 3.8) is 0 Å². The Labute approximate surface area is 170 Å². The van der Waals surface area contributed by atoms with Crippen molar-refractivity contribution < 1.29 is 9.53 Å². The molecule has 1 aliphatic heterocycles. The number of nitrogens with one attached hydrogen (secondary N) is 1. The van der Waals surface area contributed by atoms with Crippen LogP contribution in [0.4, 0.5) is 0 Å². The number of pyridine rings is 1. The Balaban J connectivity index is 1.47. The molecule has 0 saturated carbocycles. The standard InChI is InChI=1S/C22H25N5O2/c28-22(24-10-5-11-26-12-14-29-15-13-26)20-17-27(19-7-2-1-3-8-19)25-21(20)18-6-4-9-23-16-18/h1-4,6-9,16-17H,5,10-15H2,(H,24,28). The first-order valence-corrected chi connectivity index (χ1v) is 9.95. The molecule has 0 radical (unpaired) electrons. The Morgan fingerprint density at radius 2 is 1.93 bits per heavy atom. The fourth-order valence-electron chi connectivity index (χ4n) is 3.39. The number of aromatic nitrogens is 3. The Morgan fingerprint density at radius 3 is 2.69 bits per heavy atom. The normalized spacial score (nSPS) is 14.6. The van der Waals surface area contributed by atoms with Crippen LogP contribution in [0.5, 0.6) is 0 Å². The van der Waals surface area contributed by atoms with Gasteiger partial charge in [0.2, 0.25) is 0 Å². The topological polar surface area (TPSA) is 72.3 Å². The maximum atomic E-state index is 12.9. The fraction of sp³-hybridized carbons (Fsp3) is 0.318. The quantitative estimate of drug-likeness (QED) is 0.626. The van der Waals surface area contributed by atoms with Crippen LogP contribution < -0.4 is 5.32 Å². The van der Waals surface area contributed by atoms with Gasteiger partial charge in [-0.2, -0.15) is 5.10 Å². The lowest BCUT2D eigenvalue weighted by Crippen LogP contribution is -2.38. The van der Waals surface area contributed by atoms with Gasteiger partial charge in [-0.15, -0.1) is 0 Å². The molecule has 0 bridgehead atoms. The molecule has 0 unspecified atom stereocenters. The third-order valence-corrected chi connectivity index (χ3v) is 4.95. The molecule has 29 heavy (non-hydrogen) atoms. The third-order valence-electron chi connectivity index (χ3n) is 4.95. The lowest BCUT2D eigenvalue weighted by Gasteiger charge is -2.26. The molecular formula is C22H25N5O2. The first-order valence-electron chi connectivity index (χ1n) is 9.95. The number of hydrogen-bond donors (Lipinski definition) is 1. The summed E-state index contributed by atoms with van der Waals surface area (Å²) in [6.07, 6.45) is 6.13. The van der Waals surface area contributed by atoms with Gasteiger partial charge in [-0.25, -0.2) is 4.68 Å². The van der Waals surface area contributed by atoms with Gasteiger partial charge in [0.15, 0.2) is 0 Å². The Hall–Kier alpha value is -3.03. The van der Waals surface area contributed by atoms with Crippen molar-refractivity contribution in [1.29, 1.82) is 0 Å². The largest absolute Gasteiger partial charge is 0.379 e. The Bertz CT molecular complexity index is 921. The van der Waals surface area contributed by atoms with E-state index < -0.39 is 0 Å². The van der Waals surface area contributed by atoms with Crippen molar-refractivity contribution in [2.45, 2.75) is 6.42 Å². The van der Waals surface area contributed by atoms with E-state index in [-0.39, 0.29) is 5.91 Å². The van der Waals surface area contributed by atoms with Crippen LogP contribution in [0.15, 0.2) is 61.1 Å². The molecule has 1 saturated heterocycles. The van der Waals surface area contributed by atoms with E-state index in [2.05, 4.69) is 20.3 Å². The summed E-state index contributed by atoms with van der Waals surface area (Å²) in [7, 11) is 0. The van der Waals surface area contributed by atoms with E-state index in [9.17, 15) is 4.79 Å². The fourth-order valence-corrected chi connectivity index (χ4v) is 3.39. The number of carbonyl (C=O) groups excluding carboxylic acids is 1. The Morgan fingerprint density at radius 1 is 1.10 bits per heavy atom. The second kappa shape index (κ2) is 9.45. The molecule has 3 heterocycles. The average Bonchev–Trinajstić information content (AvgIpc) is 3.24. The maximum Gasteiger partial charge on any atom is 0.255 e. The molecule has 7 nitrogen and oxygen atoms in total. The monoisotopic (exact) mass is 391 g/mol. The van der Waals surface area contributed by atoms with Crippen molar-refractivity contribution in [3.05, 3.63) is 66.6 Å². The zero-order valence-electron chi connectivity index (χ0n) is 16.3. The van der Waals surface area contributed by atoms with Gasteiger partial charge < -0.3 is 10.1 Å². The summed E-state index contributed by atoms with van der Waals surface area (Å²) in [4.78, 5) is 19.5. The molecule has 1 N–H and O–H groups in total. The van der Waals surface area contributed by atoms with Crippen molar-refractivity contribution in [2.75, 3.05) is 39.4 Å². The summed E-state index contributed by atoms with van der Waals surface area (Å²) in [5, 5.41) is 7.71. The van der Waals surface area contributed by atoms with Gasteiger partial charge in [-0.1, -0.05) is 18.2 Å². The summed E-state index contributed by atoms with van der Waals surface area (Å²) in [5.74, 6) is -0.118. The van der Waals surface area contributed by atoms with E-state index in [0.29, 0.717) is 17.8 Å². The number of rotatable bonds is 7. The van der Waals surface area contributed by atoms with Crippen molar-refractivity contribution >= 4 is 5.91 Å². The third kappa shape index (κ3) is 4.88. The molecule has 4 rings (SSSR count). The van der Waals surface area contributed by atoms with Crippen molar-refractivity contribution in [3.8, 4) is 16.9 Å². The number of amides is 1. The van der Waals surface area contributed by atoms with Gasteiger partial charge in [-0.3, -0.25) is 14.7 Å². The van der Waals surface area contributed by atoms with Crippen LogP contribution in [-0.4, -0.2) is 65.0 Å². The molecule has 1 aliphatic rings. The molecule has 2 aromatic heterocycles. The molecule has 1 fully saturated rings. The molecule has 0 atom stereocenters. The highest BCUT2D eigenvalue weighted by atomic mass is 16.5. The van der Waals surface area contributed by atoms with E-state index in [0.717, 1.165) is 50.5 Å². The van der Waals surface area contributed by atoms with Crippen LogP contribution in [0.3, 0.4) is 0 Å². The van der Waals surface area contributed by atoms with E-state index in [4.69, 9.17) is 4.74 Å². The number of carbonyl (C=O) groups is 1. The second-order valence-electron chi connectivity index (χ2n) is 6.98. The van der Waals surface area contributed by atoms with Gasteiger partial charge in [0.25, 0.3) is 5.91 Å². The first-order chi connectivity index (χ1) is 14.3. The highest BCUT2D eigenvalue weighted by Crippen LogP contribution is 2.23. The molecule has 3 aromatic rings.